The Balaban J connectivity index is 0.000000810. The van der Waals surface area contributed by atoms with Crippen molar-refractivity contribution in [3.05, 3.63) is 0 Å². The average Bonchev–Trinajstić information content (AvgIpc) is 2.34. The van der Waals surface area contributed by atoms with Crippen molar-refractivity contribution in [2.75, 3.05) is 6.54 Å². The van der Waals surface area contributed by atoms with Crippen LogP contribution >= 0.6 is 0 Å². The minimum atomic E-state index is 0. The Morgan fingerprint density at radius 2 is 1.90 bits per heavy atom. The first-order valence-corrected chi connectivity index (χ1v) is 4.17. The average molecular weight is 159 g/mol. The maximum Gasteiger partial charge on any atom is 0.00670 e. The number of hydrogen-bond donors (Lipinski definition) is 1. The van der Waals surface area contributed by atoms with Gasteiger partial charge in [0.15, 0.2) is 0 Å². The summed E-state index contributed by atoms with van der Waals surface area (Å²) in [6.45, 7) is 3.44. The monoisotopic (exact) mass is 159 g/mol. The molecule has 1 N–H and O–H groups in total. The van der Waals surface area contributed by atoms with Gasteiger partial charge in [0.25, 0.3) is 0 Å². The lowest BCUT2D eigenvalue weighted by Gasteiger charge is -2.09. The first kappa shape index (κ1) is 10.2. The molecule has 62 valence electrons. The zero-order valence-corrected chi connectivity index (χ0v) is 6.32. The van der Waals surface area contributed by atoms with Gasteiger partial charge in [-0.3, -0.25) is 0 Å². The largest absolute Gasteiger partial charge is 0.314 e. The SMILES string of the molecule is CCCNC1CCCC1.[SiH4]. The highest BCUT2D eigenvalue weighted by Crippen LogP contribution is 2.17. The maximum atomic E-state index is 3.53. The van der Waals surface area contributed by atoms with Crippen molar-refractivity contribution >= 4 is 11.0 Å². The summed E-state index contributed by atoms with van der Waals surface area (Å²) >= 11 is 0. The fourth-order valence-corrected chi connectivity index (χ4v) is 1.48. The van der Waals surface area contributed by atoms with E-state index < -0.39 is 0 Å². The first-order chi connectivity index (χ1) is 4.43. The summed E-state index contributed by atoms with van der Waals surface area (Å²) in [6, 6.07) is 0.866. The lowest BCUT2D eigenvalue weighted by Crippen LogP contribution is -2.26. The van der Waals surface area contributed by atoms with Crippen molar-refractivity contribution in [3.8, 4) is 0 Å². The molecule has 0 bridgehead atoms. The lowest BCUT2D eigenvalue weighted by atomic mass is 10.2. The van der Waals surface area contributed by atoms with E-state index in [9.17, 15) is 0 Å². The smallest absolute Gasteiger partial charge is 0.00670 e. The molecular weight excluding hydrogens is 138 g/mol. The molecule has 1 aliphatic rings. The van der Waals surface area contributed by atoms with E-state index in [0.29, 0.717) is 0 Å². The normalized spacial score (nSPS) is 18.9. The van der Waals surface area contributed by atoms with E-state index in [2.05, 4.69) is 12.2 Å². The summed E-state index contributed by atoms with van der Waals surface area (Å²) in [4.78, 5) is 0. The van der Waals surface area contributed by atoms with Crippen molar-refractivity contribution in [1.29, 1.82) is 0 Å². The second kappa shape index (κ2) is 5.92. The van der Waals surface area contributed by atoms with E-state index in [1.807, 2.05) is 0 Å². The molecule has 10 heavy (non-hydrogen) atoms. The molecule has 1 saturated carbocycles. The van der Waals surface area contributed by atoms with Crippen molar-refractivity contribution < 1.29 is 0 Å². The van der Waals surface area contributed by atoms with Crippen molar-refractivity contribution in [1.82, 2.24) is 5.32 Å². The third kappa shape index (κ3) is 3.37. The molecule has 0 saturated heterocycles. The molecule has 1 fully saturated rings. The van der Waals surface area contributed by atoms with Crippen LogP contribution in [0.1, 0.15) is 39.0 Å². The summed E-state index contributed by atoms with van der Waals surface area (Å²) in [5.41, 5.74) is 0. The van der Waals surface area contributed by atoms with Crippen molar-refractivity contribution in [3.63, 3.8) is 0 Å². The molecule has 0 aliphatic heterocycles. The molecule has 0 amide bonds. The van der Waals surface area contributed by atoms with Gasteiger partial charge in [-0.15, -0.1) is 0 Å². The van der Waals surface area contributed by atoms with Gasteiger partial charge in [-0.2, -0.15) is 0 Å². The van der Waals surface area contributed by atoms with Gasteiger partial charge in [0.05, 0.1) is 0 Å². The Hall–Kier alpha value is 0.177. The van der Waals surface area contributed by atoms with E-state index in [-0.39, 0.29) is 11.0 Å². The van der Waals surface area contributed by atoms with E-state index >= 15 is 0 Å². The van der Waals surface area contributed by atoms with Crippen molar-refractivity contribution in [2.24, 2.45) is 0 Å². The highest BCUT2D eigenvalue weighted by Gasteiger charge is 2.12. The van der Waals surface area contributed by atoms with Gasteiger partial charge in [-0.25, -0.2) is 0 Å². The van der Waals surface area contributed by atoms with Crippen LogP contribution in [0.15, 0.2) is 0 Å². The van der Waals surface area contributed by atoms with Crippen LogP contribution < -0.4 is 5.32 Å². The molecule has 0 radical (unpaired) electrons. The summed E-state index contributed by atoms with van der Waals surface area (Å²) in [5, 5.41) is 3.53. The van der Waals surface area contributed by atoms with Gasteiger partial charge < -0.3 is 5.32 Å². The van der Waals surface area contributed by atoms with Crippen LogP contribution in [0.5, 0.6) is 0 Å². The van der Waals surface area contributed by atoms with Crippen LogP contribution in [0.3, 0.4) is 0 Å². The van der Waals surface area contributed by atoms with E-state index in [1.54, 1.807) is 0 Å². The Bertz CT molecular complexity index is 69.7. The molecule has 0 heterocycles. The number of rotatable bonds is 3. The zero-order valence-electron chi connectivity index (χ0n) is 6.32. The Labute approximate surface area is 68.6 Å². The molecule has 0 unspecified atom stereocenters. The highest BCUT2D eigenvalue weighted by molar-refractivity contribution is 5.75. The predicted octanol–water partition coefficient (Wildman–Crippen LogP) is 0.477. The van der Waals surface area contributed by atoms with Crippen LogP contribution in [0.25, 0.3) is 0 Å². The molecule has 0 spiro atoms. The van der Waals surface area contributed by atoms with E-state index in [0.717, 1.165) is 6.04 Å². The molecule has 0 aromatic rings. The van der Waals surface area contributed by atoms with Gasteiger partial charge in [-0.05, 0) is 36.8 Å². The van der Waals surface area contributed by atoms with Crippen LogP contribution in [0.2, 0.25) is 0 Å². The molecule has 0 aromatic carbocycles. The van der Waals surface area contributed by atoms with E-state index in [1.165, 1.54) is 38.6 Å². The van der Waals surface area contributed by atoms with Crippen molar-refractivity contribution in [2.45, 2.75) is 45.1 Å². The summed E-state index contributed by atoms with van der Waals surface area (Å²) < 4.78 is 0. The Morgan fingerprint density at radius 1 is 1.30 bits per heavy atom. The molecular formula is C8H21NSi. The second-order valence-corrected chi connectivity index (χ2v) is 2.94. The molecule has 1 aliphatic carbocycles. The summed E-state index contributed by atoms with van der Waals surface area (Å²) in [6.07, 6.45) is 7.00. The zero-order chi connectivity index (χ0) is 6.53. The van der Waals surface area contributed by atoms with Crippen LogP contribution in [-0.4, -0.2) is 23.6 Å². The Kier molecular flexibility index (Phi) is 6.03. The molecule has 1 nitrogen and oxygen atoms in total. The third-order valence-corrected chi connectivity index (χ3v) is 2.04. The summed E-state index contributed by atoms with van der Waals surface area (Å²) in [7, 11) is 0. The van der Waals surface area contributed by atoms with Gasteiger partial charge in [0.1, 0.15) is 0 Å². The fraction of sp³-hybridized carbons (Fsp3) is 1.00. The van der Waals surface area contributed by atoms with Gasteiger partial charge in [-0.1, -0.05) is 19.8 Å². The second-order valence-electron chi connectivity index (χ2n) is 2.94. The molecule has 1 rings (SSSR count). The number of hydrogen-bond acceptors (Lipinski definition) is 1. The Morgan fingerprint density at radius 3 is 2.40 bits per heavy atom. The fourth-order valence-electron chi connectivity index (χ4n) is 1.48. The van der Waals surface area contributed by atoms with Crippen LogP contribution in [0, 0.1) is 0 Å². The van der Waals surface area contributed by atoms with Gasteiger partial charge in [0.2, 0.25) is 0 Å². The quantitative estimate of drug-likeness (QED) is 0.591. The molecule has 0 atom stereocenters. The van der Waals surface area contributed by atoms with Gasteiger partial charge >= 0.3 is 0 Å². The topological polar surface area (TPSA) is 12.0 Å². The van der Waals surface area contributed by atoms with E-state index in [4.69, 9.17) is 0 Å². The standard InChI is InChI=1S/C8H17N.H4Si/c1-2-7-9-8-5-3-4-6-8;/h8-9H,2-7H2,1H3;1H4. The minimum Gasteiger partial charge on any atom is -0.314 e. The number of nitrogens with one attached hydrogen (secondary N) is 1. The first-order valence-electron chi connectivity index (χ1n) is 4.17. The molecule has 0 aromatic heterocycles. The van der Waals surface area contributed by atoms with Gasteiger partial charge in [0, 0.05) is 6.04 Å². The minimum absolute atomic E-state index is 0. The summed E-state index contributed by atoms with van der Waals surface area (Å²) in [5.74, 6) is 0. The maximum absolute atomic E-state index is 3.53. The third-order valence-electron chi connectivity index (χ3n) is 2.04. The highest BCUT2D eigenvalue weighted by atomic mass is 28.1. The van der Waals surface area contributed by atoms with Crippen LogP contribution in [-0.2, 0) is 0 Å². The predicted molar refractivity (Wildman–Crippen MR) is 51.9 cm³/mol. The lowest BCUT2D eigenvalue weighted by molar-refractivity contribution is 0.523. The van der Waals surface area contributed by atoms with Crippen LogP contribution in [0.4, 0.5) is 0 Å². The molecule has 2 heteroatoms.